The minimum atomic E-state index is 0.317. The molecule has 4 nitrogen and oxygen atoms in total. The molecule has 0 atom stereocenters. The molecule has 0 fully saturated rings. The largest absolute Gasteiger partial charge is 0.299 e. The maximum Gasteiger partial charge on any atom is 0.162 e. The Morgan fingerprint density at radius 3 is 3.06 bits per heavy atom. The van der Waals surface area contributed by atoms with Gasteiger partial charge in [-0.15, -0.1) is 0 Å². The summed E-state index contributed by atoms with van der Waals surface area (Å²) in [6.07, 6.45) is 7.43. The second kappa shape index (κ2) is 3.56. The van der Waals surface area contributed by atoms with Crippen LogP contribution in [0.25, 0.3) is 11.2 Å². The van der Waals surface area contributed by atoms with Crippen LogP contribution in [0.5, 0.6) is 0 Å². The van der Waals surface area contributed by atoms with E-state index in [4.69, 9.17) is 0 Å². The molecule has 2 heterocycles. The fourth-order valence-electron chi connectivity index (χ4n) is 2.06. The van der Waals surface area contributed by atoms with Crippen molar-refractivity contribution in [2.45, 2.75) is 19.3 Å². The molecular formula is C12H11N3O. The summed E-state index contributed by atoms with van der Waals surface area (Å²) in [5.74, 6) is 0.317. The van der Waals surface area contributed by atoms with Gasteiger partial charge < -0.3 is 0 Å². The number of ketones is 1. The first-order chi connectivity index (χ1) is 7.84. The number of Topliss-reactive ketones (excluding diaryl/α,β-unsaturated/α-hetero) is 1. The van der Waals surface area contributed by atoms with Gasteiger partial charge in [0.25, 0.3) is 0 Å². The number of fused-ring (bicyclic) bond motifs is 1. The summed E-state index contributed by atoms with van der Waals surface area (Å²) in [4.78, 5) is 15.4. The highest BCUT2D eigenvalue weighted by atomic mass is 16.1. The van der Waals surface area contributed by atoms with Gasteiger partial charge in [-0.1, -0.05) is 6.08 Å². The van der Waals surface area contributed by atoms with E-state index in [9.17, 15) is 4.79 Å². The molecule has 16 heavy (non-hydrogen) atoms. The minimum absolute atomic E-state index is 0.317. The number of rotatable bonds is 1. The number of carbonyl (C=O) groups is 1. The van der Waals surface area contributed by atoms with Crippen LogP contribution < -0.4 is 0 Å². The van der Waals surface area contributed by atoms with Gasteiger partial charge in [0.1, 0.15) is 12.1 Å². The first-order valence-electron chi connectivity index (χ1n) is 5.34. The molecule has 1 aliphatic rings. The van der Waals surface area contributed by atoms with Crippen molar-refractivity contribution in [2.75, 3.05) is 0 Å². The van der Waals surface area contributed by atoms with Crippen molar-refractivity contribution < 1.29 is 4.79 Å². The normalized spacial score (nSPS) is 16.5. The van der Waals surface area contributed by atoms with Crippen LogP contribution in [-0.2, 0) is 4.79 Å². The van der Waals surface area contributed by atoms with Crippen molar-refractivity contribution in [3.63, 3.8) is 0 Å². The quantitative estimate of drug-likeness (QED) is 0.726. The lowest BCUT2D eigenvalue weighted by atomic mass is 9.93. The van der Waals surface area contributed by atoms with E-state index in [0.717, 1.165) is 17.6 Å². The van der Waals surface area contributed by atoms with E-state index in [0.29, 0.717) is 18.6 Å². The average Bonchev–Trinajstić information content (AvgIpc) is 2.78. The van der Waals surface area contributed by atoms with E-state index in [-0.39, 0.29) is 0 Å². The molecule has 0 N–H and O–H groups in total. The summed E-state index contributed by atoms with van der Waals surface area (Å²) in [7, 11) is 0. The second-order valence-corrected chi connectivity index (χ2v) is 3.92. The zero-order valence-corrected chi connectivity index (χ0v) is 8.76. The van der Waals surface area contributed by atoms with Crippen LogP contribution >= 0.6 is 0 Å². The summed E-state index contributed by atoms with van der Waals surface area (Å²) in [5.41, 5.74) is 3.16. The Morgan fingerprint density at radius 1 is 1.31 bits per heavy atom. The third-order valence-electron chi connectivity index (χ3n) is 2.90. The molecule has 0 aromatic carbocycles. The second-order valence-electron chi connectivity index (χ2n) is 3.92. The highest BCUT2D eigenvalue weighted by Gasteiger charge is 2.14. The molecule has 80 valence electrons. The Kier molecular flexibility index (Phi) is 2.06. The number of aromatic nitrogens is 3. The van der Waals surface area contributed by atoms with E-state index >= 15 is 0 Å². The molecule has 4 heteroatoms. The van der Waals surface area contributed by atoms with Crippen molar-refractivity contribution in [3.05, 3.63) is 36.3 Å². The van der Waals surface area contributed by atoms with E-state index in [1.807, 2.05) is 24.4 Å². The van der Waals surface area contributed by atoms with Gasteiger partial charge in [0, 0.05) is 24.6 Å². The smallest absolute Gasteiger partial charge is 0.162 e. The summed E-state index contributed by atoms with van der Waals surface area (Å²) in [5, 5.41) is 4.10. The number of pyridine rings is 1. The summed E-state index contributed by atoms with van der Waals surface area (Å²) >= 11 is 0. The molecule has 2 aromatic heterocycles. The molecule has 2 aromatic rings. The first kappa shape index (κ1) is 9.27. The van der Waals surface area contributed by atoms with Gasteiger partial charge in [-0.3, -0.25) is 4.79 Å². The lowest BCUT2D eigenvalue weighted by Crippen LogP contribution is -2.04. The predicted molar refractivity (Wildman–Crippen MR) is 59.8 cm³/mol. The number of hydrogen-bond acceptors (Lipinski definition) is 3. The Hall–Kier alpha value is -1.97. The molecule has 0 radical (unpaired) electrons. The van der Waals surface area contributed by atoms with Crippen LogP contribution in [0.3, 0.4) is 0 Å². The third-order valence-corrected chi connectivity index (χ3v) is 2.90. The van der Waals surface area contributed by atoms with Crippen LogP contribution in [0.1, 0.15) is 24.8 Å². The Balaban J connectivity index is 2.12. The van der Waals surface area contributed by atoms with E-state index in [1.165, 1.54) is 5.57 Å². The molecule has 0 saturated heterocycles. The molecule has 0 unspecified atom stereocenters. The van der Waals surface area contributed by atoms with Crippen LogP contribution in [0.2, 0.25) is 0 Å². The molecule has 3 rings (SSSR count). The van der Waals surface area contributed by atoms with E-state index < -0.39 is 0 Å². The Morgan fingerprint density at radius 2 is 2.25 bits per heavy atom. The molecule has 0 amide bonds. The van der Waals surface area contributed by atoms with Crippen molar-refractivity contribution >= 4 is 17.0 Å². The standard InChI is InChI=1S/C12H11N3O/c16-10-5-3-9(4-6-10)11-2-1-7-15-12(11)13-8-14-15/h1-3,7-8H,4-6H2. The van der Waals surface area contributed by atoms with E-state index in [1.54, 1.807) is 10.8 Å². The SMILES string of the molecule is O=C1CC=C(c2cccn3ncnc23)CC1. The van der Waals surface area contributed by atoms with Gasteiger partial charge in [0.15, 0.2) is 5.65 Å². The van der Waals surface area contributed by atoms with Crippen molar-refractivity contribution in [3.8, 4) is 0 Å². The molecule has 1 aliphatic carbocycles. The summed E-state index contributed by atoms with van der Waals surface area (Å²) in [6.45, 7) is 0. The van der Waals surface area contributed by atoms with Crippen molar-refractivity contribution in [1.82, 2.24) is 14.6 Å². The van der Waals surface area contributed by atoms with Crippen LogP contribution in [0, 0.1) is 0 Å². The molecule has 0 bridgehead atoms. The zero-order chi connectivity index (χ0) is 11.0. The molecule has 0 saturated carbocycles. The van der Waals surface area contributed by atoms with Gasteiger partial charge in [0.05, 0.1) is 0 Å². The number of carbonyl (C=O) groups excluding carboxylic acids is 1. The highest BCUT2D eigenvalue weighted by Crippen LogP contribution is 2.27. The summed E-state index contributed by atoms with van der Waals surface area (Å²) < 4.78 is 1.76. The first-order valence-corrected chi connectivity index (χ1v) is 5.34. The van der Waals surface area contributed by atoms with Gasteiger partial charge in [0.2, 0.25) is 0 Å². The molecular weight excluding hydrogens is 202 g/mol. The topological polar surface area (TPSA) is 47.3 Å². The zero-order valence-electron chi connectivity index (χ0n) is 8.76. The van der Waals surface area contributed by atoms with Crippen LogP contribution in [0.15, 0.2) is 30.7 Å². The van der Waals surface area contributed by atoms with Crippen LogP contribution in [0.4, 0.5) is 0 Å². The highest BCUT2D eigenvalue weighted by molar-refractivity contribution is 5.88. The fourth-order valence-corrected chi connectivity index (χ4v) is 2.06. The molecule has 0 spiro atoms. The van der Waals surface area contributed by atoms with Gasteiger partial charge in [-0.25, -0.2) is 9.50 Å². The lowest BCUT2D eigenvalue weighted by Gasteiger charge is -2.12. The number of allylic oxidation sites excluding steroid dienone is 2. The number of nitrogens with zero attached hydrogens (tertiary/aromatic N) is 3. The maximum atomic E-state index is 11.2. The van der Waals surface area contributed by atoms with Gasteiger partial charge in [-0.05, 0) is 24.1 Å². The third kappa shape index (κ3) is 1.43. The van der Waals surface area contributed by atoms with E-state index in [2.05, 4.69) is 10.1 Å². The number of hydrogen-bond donors (Lipinski definition) is 0. The van der Waals surface area contributed by atoms with Crippen molar-refractivity contribution in [1.29, 1.82) is 0 Å². The van der Waals surface area contributed by atoms with Gasteiger partial charge in [-0.2, -0.15) is 5.10 Å². The van der Waals surface area contributed by atoms with Crippen molar-refractivity contribution in [2.24, 2.45) is 0 Å². The van der Waals surface area contributed by atoms with Crippen LogP contribution in [-0.4, -0.2) is 20.4 Å². The minimum Gasteiger partial charge on any atom is -0.299 e. The maximum absolute atomic E-state index is 11.2. The Bertz CT molecular complexity index is 583. The fraction of sp³-hybridized carbons (Fsp3) is 0.250. The molecule has 0 aliphatic heterocycles. The monoisotopic (exact) mass is 213 g/mol. The average molecular weight is 213 g/mol. The Labute approximate surface area is 92.6 Å². The van der Waals surface area contributed by atoms with Gasteiger partial charge >= 0.3 is 0 Å². The lowest BCUT2D eigenvalue weighted by molar-refractivity contribution is -0.118. The summed E-state index contributed by atoms with van der Waals surface area (Å²) in [6, 6.07) is 3.99. The predicted octanol–water partition coefficient (Wildman–Crippen LogP) is 1.87.